The van der Waals surface area contributed by atoms with E-state index in [2.05, 4.69) is 22.2 Å². The van der Waals surface area contributed by atoms with Crippen molar-refractivity contribution < 1.29 is 9.59 Å². The molecule has 3 heterocycles. The number of pyridine rings is 1. The van der Waals surface area contributed by atoms with E-state index in [1.54, 1.807) is 6.20 Å². The number of likely N-dealkylation sites (tertiary alicyclic amines) is 1. The largest absolute Gasteiger partial charge is 0.381 e. The van der Waals surface area contributed by atoms with Crippen LogP contribution in [0.25, 0.3) is 11.0 Å². The zero-order chi connectivity index (χ0) is 18.7. The van der Waals surface area contributed by atoms with Gasteiger partial charge in [0, 0.05) is 44.3 Å². The maximum Gasteiger partial charge on any atom is 0.253 e. The van der Waals surface area contributed by atoms with Gasteiger partial charge in [-0.3, -0.25) is 9.59 Å². The van der Waals surface area contributed by atoms with Crippen molar-refractivity contribution in [3.05, 3.63) is 36.7 Å². The highest BCUT2D eigenvalue weighted by molar-refractivity contribution is 6.06. The van der Waals surface area contributed by atoms with Gasteiger partial charge in [-0.05, 0) is 31.9 Å². The maximum atomic E-state index is 12.3. The Morgan fingerprint density at radius 1 is 1.38 bits per heavy atom. The molecule has 3 rings (SSSR count). The first-order valence-electron chi connectivity index (χ1n) is 8.94. The summed E-state index contributed by atoms with van der Waals surface area (Å²) in [5, 5.41) is 7.17. The number of piperidine rings is 1. The van der Waals surface area contributed by atoms with Crippen molar-refractivity contribution in [1.29, 1.82) is 0 Å². The van der Waals surface area contributed by atoms with Crippen molar-refractivity contribution in [2.45, 2.75) is 25.8 Å². The second-order valence-corrected chi connectivity index (χ2v) is 6.56. The molecular formula is C19H25N5O2. The van der Waals surface area contributed by atoms with Gasteiger partial charge < -0.3 is 20.1 Å². The molecule has 0 bridgehead atoms. The lowest BCUT2D eigenvalue weighted by molar-refractivity contribution is -0.126. The minimum atomic E-state index is -0.0895. The Labute approximate surface area is 153 Å². The number of rotatable bonds is 5. The highest BCUT2D eigenvalue weighted by Crippen LogP contribution is 2.24. The summed E-state index contributed by atoms with van der Waals surface area (Å²) in [5.41, 5.74) is 2.30. The average Bonchev–Trinajstić information content (AvgIpc) is 2.98. The molecule has 138 valence electrons. The smallest absolute Gasteiger partial charge is 0.253 e. The molecule has 2 N–H and O–H groups in total. The van der Waals surface area contributed by atoms with E-state index in [1.165, 1.54) is 6.08 Å². The Morgan fingerprint density at radius 3 is 2.77 bits per heavy atom. The van der Waals surface area contributed by atoms with E-state index in [4.69, 9.17) is 0 Å². The number of aromatic nitrogens is 2. The van der Waals surface area contributed by atoms with Crippen LogP contribution in [0.1, 0.15) is 30.1 Å². The topological polar surface area (TPSA) is 79.3 Å². The van der Waals surface area contributed by atoms with Crippen LogP contribution in [0.4, 0.5) is 5.69 Å². The van der Waals surface area contributed by atoms with Gasteiger partial charge in [0.2, 0.25) is 5.91 Å². The number of amides is 2. The summed E-state index contributed by atoms with van der Waals surface area (Å²) in [6.45, 7) is 7.46. The zero-order valence-electron chi connectivity index (χ0n) is 15.3. The molecule has 0 atom stereocenters. The third-order valence-electron chi connectivity index (χ3n) is 4.75. The summed E-state index contributed by atoms with van der Waals surface area (Å²) >= 11 is 0. The predicted octanol–water partition coefficient (Wildman–Crippen LogP) is 1.91. The predicted molar refractivity (Wildman–Crippen MR) is 102 cm³/mol. The summed E-state index contributed by atoms with van der Waals surface area (Å²) in [6, 6.07) is 2.26. The van der Waals surface area contributed by atoms with Crippen LogP contribution in [-0.4, -0.2) is 51.9 Å². The average molecular weight is 355 g/mol. The molecular weight excluding hydrogens is 330 g/mol. The summed E-state index contributed by atoms with van der Waals surface area (Å²) in [6.07, 6.45) is 6.71. The molecule has 7 heteroatoms. The van der Waals surface area contributed by atoms with Gasteiger partial charge in [0.15, 0.2) is 0 Å². The van der Waals surface area contributed by atoms with Crippen molar-refractivity contribution in [3.8, 4) is 0 Å². The van der Waals surface area contributed by atoms with Gasteiger partial charge in [-0.25, -0.2) is 4.98 Å². The number of hydrogen-bond acceptors (Lipinski definition) is 4. The van der Waals surface area contributed by atoms with Crippen LogP contribution in [0, 0.1) is 0 Å². The molecule has 7 nitrogen and oxygen atoms in total. The van der Waals surface area contributed by atoms with Crippen molar-refractivity contribution in [1.82, 2.24) is 19.8 Å². The van der Waals surface area contributed by atoms with Crippen LogP contribution >= 0.6 is 0 Å². The molecule has 1 fully saturated rings. The Kier molecular flexibility index (Phi) is 5.25. The number of nitrogens with zero attached hydrogens (tertiary/aromatic N) is 3. The van der Waals surface area contributed by atoms with Gasteiger partial charge in [-0.15, -0.1) is 0 Å². The van der Waals surface area contributed by atoms with Crippen LogP contribution in [0.3, 0.4) is 0 Å². The number of carbonyl (C=O) groups is 2. The molecule has 1 aliphatic heterocycles. The lowest BCUT2D eigenvalue weighted by atomic mass is 10.0. The first-order chi connectivity index (χ1) is 12.5. The highest BCUT2D eigenvalue weighted by atomic mass is 16.2. The van der Waals surface area contributed by atoms with Crippen molar-refractivity contribution in [2.75, 3.05) is 25.0 Å². The fourth-order valence-electron chi connectivity index (χ4n) is 3.39. The van der Waals surface area contributed by atoms with Gasteiger partial charge in [0.05, 0.1) is 17.4 Å². The Hall–Kier alpha value is -2.83. The third kappa shape index (κ3) is 3.56. The standard InChI is InChI=1S/C19H25N5O2/c1-4-17(25)24-8-6-13(7-9-24)22-14-10-15-16(19(26)20-5-2)12-23(3)18(15)21-11-14/h4,10-13,22H,1,5-9H2,2-3H3,(H,20,26). The molecule has 0 aromatic carbocycles. The highest BCUT2D eigenvalue weighted by Gasteiger charge is 2.22. The summed E-state index contributed by atoms with van der Waals surface area (Å²) in [5.74, 6) is -0.101. The van der Waals surface area contributed by atoms with E-state index < -0.39 is 0 Å². The van der Waals surface area contributed by atoms with Gasteiger partial charge in [0.1, 0.15) is 5.65 Å². The van der Waals surface area contributed by atoms with Gasteiger partial charge in [-0.2, -0.15) is 0 Å². The van der Waals surface area contributed by atoms with Crippen LogP contribution in [0.15, 0.2) is 31.1 Å². The zero-order valence-corrected chi connectivity index (χ0v) is 15.3. The van der Waals surface area contributed by atoms with E-state index in [0.717, 1.165) is 29.6 Å². The van der Waals surface area contributed by atoms with Gasteiger partial charge in [-0.1, -0.05) is 6.58 Å². The van der Waals surface area contributed by atoms with E-state index in [0.29, 0.717) is 25.2 Å². The fraction of sp³-hybridized carbons (Fsp3) is 0.421. The number of nitrogens with one attached hydrogen (secondary N) is 2. The van der Waals surface area contributed by atoms with Crippen LogP contribution < -0.4 is 10.6 Å². The van der Waals surface area contributed by atoms with E-state index in [-0.39, 0.29) is 17.9 Å². The lowest BCUT2D eigenvalue weighted by Crippen LogP contribution is -2.41. The molecule has 0 saturated carbocycles. The number of aryl methyl sites for hydroxylation is 1. The van der Waals surface area contributed by atoms with E-state index in [1.807, 2.05) is 35.7 Å². The molecule has 0 spiro atoms. The van der Waals surface area contributed by atoms with Gasteiger partial charge in [0.25, 0.3) is 5.91 Å². The monoisotopic (exact) mass is 355 g/mol. The first-order valence-corrected chi connectivity index (χ1v) is 8.94. The quantitative estimate of drug-likeness (QED) is 0.803. The van der Waals surface area contributed by atoms with Crippen molar-refractivity contribution in [3.63, 3.8) is 0 Å². The molecule has 2 aromatic rings. The third-order valence-corrected chi connectivity index (χ3v) is 4.75. The molecule has 26 heavy (non-hydrogen) atoms. The Balaban J connectivity index is 1.75. The molecule has 2 amide bonds. The van der Waals surface area contributed by atoms with Crippen LogP contribution in [-0.2, 0) is 11.8 Å². The van der Waals surface area contributed by atoms with Crippen LogP contribution in [0.5, 0.6) is 0 Å². The van der Waals surface area contributed by atoms with Crippen molar-refractivity contribution in [2.24, 2.45) is 7.05 Å². The molecule has 0 radical (unpaired) electrons. The summed E-state index contributed by atoms with van der Waals surface area (Å²) < 4.78 is 1.86. The fourth-order valence-corrected chi connectivity index (χ4v) is 3.39. The molecule has 1 aliphatic rings. The van der Waals surface area contributed by atoms with Gasteiger partial charge >= 0.3 is 0 Å². The molecule has 0 aliphatic carbocycles. The second kappa shape index (κ2) is 7.59. The minimum absolute atomic E-state index is 0.0117. The number of hydrogen-bond donors (Lipinski definition) is 2. The second-order valence-electron chi connectivity index (χ2n) is 6.56. The Bertz CT molecular complexity index is 834. The number of carbonyl (C=O) groups excluding carboxylic acids is 2. The van der Waals surface area contributed by atoms with Crippen LogP contribution in [0.2, 0.25) is 0 Å². The maximum absolute atomic E-state index is 12.3. The van der Waals surface area contributed by atoms with Crippen molar-refractivity contribution >= 4 is 28.5 Å². The summed E-state index contributed by atoms with van der Waals surface area (Å²) in [7, 11) is 1.89. The summed E-state index contributed by atoms with van der Waals surface area (Å²) in [4.78, 5) is 30.3. The first kappa shape index (κ1) is 18.0. The Morgan fingerprint density at radius 2 is 2.12 bits per heavy atom. The SMILES string of the molecule is C=CC(=O)N1CCC(Nc2cnc3c(c2)c(C(=O)NCC)cn3C)CC1. The van der Waals surface area contributed by atoms with E-state index in [9.17, 15) is 9.59 Å². The number of anilines is 1. The lowest BCUT2D eigenvalue weighted by Gasteiger charge is -2.32. The normalized spacial score (nSPS) is 15.1. The molecule has 0 unspecified atom stereocenters. The number of fused-ring (bicyclic) bond motifs is 1. The minimum Gasteiger partial charge on any atom is -0.381 e. The van der Waals surface area contributed by atoms with E-state index >= 15 is 0 Å². The molecule has 2 aromatic heterocycles. The molecule has 1 saturated heterocycles.